The Kier molecular flexibility index (Phi) is 3.71. The molecule has 104 valence electrons. The van der Waals surface area contributed by atoms with Crippen molar-refractivity contribution in [3.63, 3.8) is 0 Å². The maximum atomic E-state index is 11.8. The Balaban J connectivity index is 1.69. The summed E-state index contributed by atoms with van der Waals surface area (Å²) in [5, 5.41) is 3.29. The molecule has 19 heavy (non-hydrogen) atoms. The summed E-state index contributed by atoms with van der Waals surface area (Å²) in [6, 6.07) is 6.58. The largest absolute Gasteiger partial charge is 0.309 e. The van der Waals surface area contributed by atoms with Crippen LogP contribution in [0, 0.1) is 0 Å². The first-order chi connectivity index (χ1) is 9.08. The van der Waals surface area contributed by atoms with E-state index >= 15 is 0 Å². The average Bonchev–Trinajstić information content (AvgIpc) is 2.91. The SMILES string of the molecule is O=S1(=O)CCCC1CNC1CCc2c(Br)cccc21. The number of hydrogen-bond donors (Lipinski definition) is 1. The van der Waals surface area contributed by atoms with E-state index in [0.717, 1.165) is 25.7 Å². The van der Waals surface area contributed by atoms with Gasteiger partial charge in [0, 0.05) is 17.1 Å². The number of halogens is 1. The summed E-state index contributed by atoms with van der Waals surface area (Å²) in [4.78, 5) is 0. The van der Waals surface area contributed by atoms with Crippen molar-refractivity contribution in [2.75, 3.05) is 12.3 Å². The molecule has 0 aromatic heterocycles. The molecule has 1 aromatic rings. The summed E-state index contributed by atoms with van der Waals surface area (Å²) in [6.07, 6.45) is 3.76. The van der Waals surface area contributed by atoms with Gasteiger partial charge in [0.1, 0.15) is 0 Å². The highest BCUT2D eigenvalue weighted by molar-refractivity contribution is 9.10. The van der Waals surface area contributed by atoms with Crippen molar-refractivity contribution in [1.82, 2.24) is 5.32 Å². The molecule has 2 unspecified atom stereocenters. The van der Waals surface area contributed by atoms with E-state index in [1.165, 1.54) is 15.6 Å². The van der Waals surface area contributed by atoms with Crippen molar-refractivity contribution in [2.24, 2.45) is 0 Å². The van der Waals surface area contributed by atoms with Crippen LogP contribution in [0.15, 0.2) is 22.7 Å². The van der Waals surface area contributed by atoms with E-state index in [2.05, 4.69) is 39.4 Å². The molecule has 2 aliphatic rings. The summed E-state index contributed by atoms with van der Waals surface area (Å²) < 4.78 is 24.8. The Hall–Kier alpha value is -0.390. The molecule has 1 heterocycles. The van der Waals surface area contributed by atoms with E-state index in [1.807, 2.05) is 0 Å². The number of fused-ring (bicyclic) bond motifs is 1. The third kappa shape index (κ3) is 2.60. The smallest absolute Gasteiger partial charge is 0.154 e. The first-order valence-electron chi connectivity index (χ1n) is 6.80. The van der Waals surface area contributed by atoms with Crippen LogP contribution in [-0.4, -0.2) is 26.0 Å². The zero-order chi connectivity index (χ0) is 13.5. The molecule has 1 N–H and O–H groups in total. The van der Waals surface area contributed by atoms with Crippen LogP contribution >= 0.6 is 15.9 Å². The Bertz CT molecular complexity index is 585. The second kappa shape index (κ2) is 5.19. The Morgan fingerprint density at radius 2 is 2.16 bits per heavy atom. The number of rotatable bonds is 3. The van der Waals surface area contributed by atoms with Crippen LogP contribution in [0.1, 0.15) is 36.4 Å². The van der Waals surface area contributed by atoms with Crippen molar-refractivity contribution in [3.8, 4) is 0 Å². The van der Waals surface area contributed by atoms with Gasteiger partial charge in [0.15, 0.2) is 9.84 Å². The summed E-state index contributed by atoms with van der Waals surface area (Å²) in [7, 11) is -2.84. The highest BCUT2D eigenvalue weighted by atomic mass is 79.9. The quantitative estimate of drug-likeness (QED) is 0.917. The van der Waals surface area contributed by atoms with Gasteiger partial charge in [0.05, 0.1) is 11.0 Å². The minimum atomic E-state index is -2.84. The van der Waals surface area contributed by atoms with Crippen LogP contribution in [0.25, 0.3) is 0 Å². The molecule has 5 heteroatoms. The first kappa shape index (κ1) is 13.6. The molecule has 0 spiro atoms. The lowest BCUT2D eigenvalue weighted by Gasteiger charge is -2.17. The van der Waals surface area contributed by atoms with Gasteiger partial charge in [-0.05, 0) is 42.9 Å². The normalized spacial score (nSPS) is 28.5. The minimum Gasteiger partial charge on any atom is -0.309 e. The van der Waals surface area contributed by atoms with E-state index in [0.29, 0.717) is 18.3 Å². The second-order valence-corrected chi connectivity index (χ2v) is 8.69. The van der Waals surface area contributed by atoms with Crippen molar-refractivity contribution < 1.29 is 8.42 Å². The molecule has 3 nitrogen and oxygen atoms in total. The number of hydrogen-bond acceptors (Lipinski definition) is 3. The lowest BCUT2D eigenvalue weighted by atomic mass is 10.1. The van der Waals surface area contributed by atoms with Crippen LogP contribution in [0.5, 0.6) is 0 Å². The summed E-state index contributed by atoms with van der Waals surface area (Å²) in [5.74, 6) is 0.367. The predicted octanol–water partition coefficient (Wildman–Crippen LogP) is 2.60. The van der Waals surface area contributed by atoms with Gasteiger partial charge in [-0.1, -0.05) is 28.1 Å². The van der Waals surface area contributed by atoms with Crippen LogP contribution in [0.3, 0.4) is 0 Å². The van der Waals surface area contributed by atoms with Crippen molar-refractivity contribution in [3.05, 3.63) is 33.8 Å². The van der Waals surface area contributed by atoms with Crippen LogP contribution in [0.2, 0.25) is 0 Å². The fraction of sp³-hybridized carbons (Fsp3) is 0.571. The minimum absolute atomic E-state index is 0.177. The standard InChI is InChI=1S/C14H18BrNO2S/c15-13-5-1-4-12-11(13)6-7-14(12)16-9-10-3-2-8-19(10,17)18/h1,4-5,10,14,16H,2-3,6-9H2. The number of nitrogens with one attached hydrogen (secondary N) is 1. The lowest BCUT2D eigenvalue weighted by Crippen LogP contribution is -2.32. The van der Waals surface area contributed by atoms with E-state index < -0.39 is 9.84 Å². The van der Waals surface area contributed by atoms with Crippen molar-refractivity contribution >= 4 is 25.8 Å². The van der Waals surface area contributed by atoms with Gasteiger partial charge in [0.25, 0.3) is 0 Å². The lowest BCUT2D eigenvalue weighted by molar-refractivity contribution is 0.510. The molecule has 1 aliphatic heterocycles. The summed E-state index contributed by atoms with van der Waals surface area (Å²) >= 11 is 3.59. The molecule has 0 bridgehead atoms. The van der Waals surface area contributed by atoms with Gasteiger partial charge in [-0.2, -0.15) is 0 Å². The van der Waals surface area contributed by atoms with Gasteiger partial charge in [-0.3, -0.25) is 0 Å². The fourth-order valence-electron chi connectivity index (χ4n) is 3.18. The first-order valence-corrected chi connectivity index (χ1v) is 9.31. The van der Waals surface area contributed by atoms with E-state index in [-0.39, 0.29) is 5.25 Å². The third-order valence-electron chi connectivity index (χ3n) is 4.27. The molecule has 0 saturated carbocycles. The molecule has 1 aliphatic carbocycles. The monoisotopic (exact) mass is 343 g/mol. The van der Waals surface area contributed by atoms with Gasteiger partial charge in [-0.15, -0.1) is 0 Å². The van der Waals surface area contributed by atoms with Crippen molar-refractivity contribution in [2.45, 2.75) is 37.0 Å². The van der Waals surface area contributed by atoms with Crippen LogP contribution < -0.4 is 5.32 Å². The average molecular weight is 344 g/mol. The topological polar surface area (TPSA) is 46.2 Å². The zero-order valence-electron chi connectivity index (χ0n) is 10.7. The summed E-state index contributed by atoms with van der Waals surface area (Å²) in [6.45, 7) is 0.596. The van der Waals surface area contributed by atoms with E-state index in [4.69, 9.17) is 0 Å². The molecule has 1 fully saturated rings. The van der Waals surface area contributed by atoms with Gasteiger partial charge in [-0.25, -0.2) is 8.42 Å². The summed E-state index contributed by atoms with van der Waals surface area (Å²) in [5.41, 5.74) is 2.69. The highest BCUT2D eigenvalue weighted by Crippen LogP contribution is 2.35. The molecule has 0 amide bonds. The van der Waals surface area contributed by atoms with E-state index in [1.54, 1.807) is 0 Å². The Morgan fingerprint density at radius 1 is 1.32 bits per heavy atom. The maximum Gasteiger partial charge on any atom is 0.154 e. The Morgan fingerprint density at radius 3 is 2.89 bits per heavy atom. The van der Waals surface area contributed by atoms with Crippen LogP contribution in [0.4, 0.5) is 0 Å². The van der Waals surface area contributed by atoms with Gasteiger partial charge < -0.3 is 5.32 Å². The molecule has 0 radical (unpaired) electrons. The predicted molar refractivity (Wildman–Crippen MR) is 80.0 cm³/mol. The Labute approximate surface area is 122 Å². The molecule has 3 rings (SSSR count). The third-order valence-corrected chi connectivity index (χ3v) is 7.29. The van der Waals surface area contributed by atoms with Crippen LogP contribution in [-0.2, 0) is 16.3 Å². The van der Waals surface area contributed by atoms with Crippen molar-refractivity contribution in [1.29, 1.82) is 0 Å². The number of benzene rings is 1. The van der Waals surface area contributed by atoms with E-state index in [9.17, 15) is 8.42 Å². The fourth-order valence-corrected chi connectivity index (χ4v) is 5.54. The molecule has 1 aromatic carbocycles. The second-order valence-electron chi connectivity index (χ2n) is 5.44. The maximum absolute atomic E-state index is 11.8. The molecule has 2 atom stereocenters. The molecular weight excluding hydrogens is 326 g/mol. The molecular formula is C14H18BrNO2S. The highest BCUT2D eigenvalue weighted by Gasteiger charge is 2.32. The van der Waals surface area contributed by atoms with Gasteiger partial charge in [0.2, 0.25) is 0 Å². The van der Waals surface area contributed by atoms with Gasteiger partial charge >= 0.3 is 0 Å². The number of sulfone groups is 1. The zero-order valence-corrected chi connectivity index (χ0v) is 13.1. The molecule has 1 saturated heterocycles.